The first kappa shape index (κ1) is 16.8. The highest BCUT2D eigenvalue weighted by atomic mass is 35.5. The number of benzene rings is 2. The second-order valence-electron chi connectivity index (χ2n) is 5.45. The molecule has 0 radical (unpaired) electrons. The highest BCUT2D eigenvalue weighted by Gasteiger charge is 2.40. The predicted molar refractivity (Wildman–Crippen MR) is 92.8 cm³/mol. The van der Waals surface area contributed by atoms with Crippen molar-refractivity contribution in [3.8, 4) is 12.1 Å². The Hall–Kier alpha value is -2.55. The zero-order chi connectivity index (χ0) is 16.7. The van der Waals surface area contributed by atoms with Crippen LogP contribution in [0.25, 0.3) is 0 Å². The molecule has 2 nitrogen and oxygen atoms in total. The van der Waals surface area contributed by atoms with E-state index in [1.807, 2.05) is 48.5 Å². The van der Waals surface area contributed by atoms with Gasteiger partial charge in [-0.25, -0.2) is 0 Å². The van der Waals surface area contributed by atoms with E-state index in [0.717, 1.165) is 11.1 Å². The highest BCUT2D eigenvalue weighted by Crippen LogP contribution is 2.41. The molecule has 3 heteroatoms. The van der Waals surface area contributed by atoms with Crippen molar-refractivity contribution >= 4 is 11.6 Å². The molecular weight excluding hydrogens is 304 g/mol. The molecule has 0 amide bonds. The van der Waals surface area contributed by atoms with E-state index < -0.39 is 5.41 Å². The Morgan fingerprint density at radius 1 is 1.04 bits per heavy atom. The van der Waals surface area contributed by atoms with E-state index in [2.05, 4.69) is 18.7 Å². The summed E-state index contributed by atoms with van der Waals surface area (Å²) in [6, 6.07) is 21.5. The van der Waals surface area contributed by atoms with Crippen molar-refractivity contribution in [3.63, 3.8) is 0 Å². The summed E-state index contributed by atoms with van der Waals surface area (Å²) in [7, 11) is 0. The number of hydrogen-bond acceptors (Lipinski definition) is 2. The molecule has 0 aliphatic heterocycles. The van der Waals surface area contributed by atoms with E-state index in [1.165, 1.54) is 0 Å². The van der Waals surface area contributed by atoms with Crippen LogP contribution in [0.5, 0.6) is 0 Å². The third-order valence-electron chi connectivity index (χ3n) is 4.03. The average Bonchev–Trinajstić information content (AvgIpc) is 2.60. The lowest BCUT2D eigenvalue weighted by Gasteiger charge is -2.29. The molecule has 23 heavy (non-hydrogen) atoms. The molecule has 114 valence electrons. The molecule has 0 saturated heterocycles. The van der Waals surface area contributed by atoms with Crippen LogP contribution in [0.4, 0.5) is 0 Å². The number of nitrogens with zero attached hydrogens (tertiary/aromatic N) is 2. The summed E-state index contributed by atoms with van der Waals surface area (Å²) in [6.07, 6.45) is 2.59. The fraction of sp³-hybridized carbons (Fsp3) is 0.200. The Balaban J connectivity index is 2.50. The molecule has 0 bridgehead atoms. The Kier molecular flexibility index (Phi) is 5.58. The highest BCUT2D eigenvalue weighted by molar-refractivity contribution is 6.31. The van der Waals surface area contributed by atoms with Crippen molar-refractivity contribution < 1.29 is 0 Å². The Labute approximate surface area is 142 Å². The largest absolute Gasteiger partial charge is 0.197 e. The van der Waals surface area contributed by atoms with Crippen LogP contribution in [0.3, 0.4) is 0 Å². The van der Waals surface area contributed by atoms with Gasteiger partial charge in [-0.2, -0.15) is 10.5 Å². The number of allylic oxidation sites excluding steroid dienone is 1. The monoisotopic (exact) mass is 320 g/mol. The van der Waals surface area contributed by atoms with Crippen molar-refractivity contribution in [2.75, 3.05) is 0 Å². The molecule has 2 aromatic rings. The van der Waals surface area contributed by atoms with Gasteiger partial charge in [0, 0.05) is 17.4 Å². The zero-order valence-corrected chi connectivity index (χ0v) is 13.5. The fourth-order valence-corrected chi connectivity index (χ4v) is 3.00. The van der Waals surface area contributed by atoms with Crippen molar-refractivity contribution in [2.45, 2.75) is 18.8 Å². The van der Waals surface area contributed by atoms with Crippen LogP contribution in [0, 0.1) is 28.1 Å². The van der Waals surface area contributed by atoms with Crippen LogP contribution in [-0.2, 0) is 6.42 Å². The summed E-state index contributed by atoms with van der Waals surface area (Å²) in [4.78, 5) is 0. The van der Waals surface area contributed by atoms with Gasteiger partial charge < -0.3 is 0 Å². The number of rotatable bonds is 6. The predicted octanol–water partition coefficient (Wildman–Crippen LogP) is 5.28. The van der Waals surface area contributed by atoms with E-state index in [0.29, 0.717) is 11.4 Å². The fourth-order valence-electron chi connectivity index (χ4n) is 2.80. The van der Waals surface area contributed by atoms with Crippen LogP contribution in [0.2, 0.25) is 5.02 Å². The molecule has 0 saturated carbocycles. The molecule has 1 atom stereocenters. The minimum atomic E-state index is -1.19. The van der Waals surface area contributed by atoms with Crippen molar-refractivity contribution in [2.24, 2.45) is 5.41 Å². The number of hydrogen-bond donors (Lipinski definition) is 0. The van der Waals surface area contributed by atoms with Crippen molar-refractivity contribution in [3.05, 3.63) is 83.4 Å². The van der Waals surface area contributed by atoms with Gasteiger partial charge in [-0.15, -0.1) is 6.58 Å². The van der Waals surface area contributed by atoms with Gasteiger partial charge >= 0.3 is 0 Å². The second kappa shape index (κ2) is 7.63. The topological polar surface area (TPSA) is 47.6 Å². The molecule has 0 aliphatic rings. The Bertz CT molecular complexity index is 739. The first-order valence-corrected chi connectivity index (χ1v) is 7.76. The van der Waals surface area contributed by atoms with E-state index >= 15 is 0 Å². The molecular formula is C20H17ClN2. The quantitative estimate of drug-likeness (QED) is 0.680. The van der Waals surface area contributed by atoms with E-state index in [9.17, 15) is 10.5 Å². The van der Waals surface area contributed by atoms with Crippen molar-refractivity contribution in [1.29, 1.82) is 10.5 Å². The molecule has 0 fully saturated rings. The third kappa shape index (κ3) is 3.62. The van der Waals surface area contributed by atoms with Gasteiger partial charge in [-0.3, -0.25) is 0 Å². The average molecular weight is 321 g/mol. The summed E-state index contributed by atoms with van der Waals surface area (Å²) in [5, 5.41) is 20.3. The lowest BCUT2D eigenvalue weighted by molar-refractivity contribution is 0.408. The first-order valence-electron chi connectivity index (χ1n) is 7.38. The summed E-state index contributed by atoms with van der Waals surface area (Å²) in [5.41, 5.74) is 0.574. The van der Waals surface area contributed by atoms with Crippen LogP contribution in [0.15, 0.2) is 67.3 Å². The van der Waals surface area contributed by atoms with Gasteiger partial charge in [-0.05, 0) is 23.6 Å². The lowest BCUT2D eigenvalue weighted by Crippen LogP contribution is -2.28. The maximum absolute atomic E-state index is 9.84. The lowest BCUT2D eigenvalue weighted by atomic mass is 9.69. The summed E-state index contributed by atoms with van der Waals surface area (Å²) < 4.78 is 0. The molecule has 0 heterocycles. The zero-order valence-electron chi connectivity index (χ0n) is 12.7. The van der Waals surface area contributed by atoms with Crippen LogP contribution >= 0.6 is 11.6 Å². The molecule has 0 aliphatic carbocycles. The molecule has 2 aromatic carbocycles. The van der Waals surface area contributed by atoms with Gasteiger partial charge in [0.1, 0.15) is 0 Å². The van der Waals surface area contributed by atoms with E-state index in [4.69, 9.17) is 11.6 Å². The van der Waals surface area contributed by atoms with Gasteiger partial charge in [0.05, 0.1) is 12.1 Å². The smallest absolute Gasteiger partial charge is 0.154 e. The Morgan fingerprint density at radius 3 is 2.22 bits per heavy atom. The van der Waals surface area contributed by atoms with Crippen LogP contribution in [-0.4, -0.2) is 0 Å². The minimum Gasteiger partial charge on any atom is -0.197 e. The van der Waals surface area contributed by atoms with Crippen LogP contribution in [0.1, 0.15) is 23.5 Å². The molecule has 0 spiro atoms. The van der Waals surface area contributed by atoms with Crippen molar-refractivity contribution in [1.82, 2.24) is 0 Å². The standard InChI is InChI=1S/C20H17ClN2/c1-2-8-18(16-9-4-3-5-10-16)20(14-22,15-23)13-17-11-6-7-12-19(17)21/h2-7,9-12,18H,1,8,13H2. The first-order chi connectivity index (χ1) is 11.2. The van der Waals surface area contributed by atoms with Gasteiger partial charge in [0.2, 0.25) is 0 Å². The molecule has 2 rings (SSSR count). The van der Waals surface area contributed by atoms with Crippen LogP contribution < -0.4 is 0 Å². The van der Waals surface area contributed by atoms with Gasteiger partial charge in [0.15, 0.2) is 5.41 Å². The van der Waals surface area contributed by atoms with Gasteiger partial charge in [-0.1, -0.05) is 66.2 Å². The minimum absolute atomic E-state index is 0.257. The number of halogens is 1. The number of nitriles is 2. The van der Waals surface area contributed by atoms with E-state index in [1.54, 1.807) is 12.1 Å². The maximum Gasteiger partial charge on any atom is 0.154 e. The summed E-state index contributed by atoms with van der Waals surface area (Å²) in [6.45, 7) is 3.79. The van der Waals surface area contributed by atoms with Gasteiger partial charge in [0.25, 0.3) is 0 Å². The summed E-state index contributed by atoms with van der Waals surface area (Å²) in [5.74, 6) is -0.257. The summed E-state index contributed by atoms with van der Waals surface area (Å²) >= 11 is 6.23. The molecule has 0 N–H and O–H groups in total. The second-order valence-corrected chi connectivity index (χ2v) is 5.86. The SMILES string of the molecule is C=CCC(c1ccccc1)C(C#N)(C#N)Cc1ccccc1Cl. The molecule has 1 unspecified atom stereocenters. The maximum atomic E-state index is 9.84. The normalized spacial score (nSPS) is 12.0. The third-order valence-corrected chi connectivity index (χ3v) is 4.39. The Morgan fingerprint density at radius 2 is 1.65 bits per heavy atom. The molecule has 0 aromatic heterocycles. The van der Waals surface area contributed by atoms with E-state index in [-0.39, 0.29) is 12.3 Å².